The minimum Gasteiger partial charge on any atom is -0.378 e. The zero-order chi connectivity index (χ0) is 13.4. The van der Waals surface area contributed by atoms with Gasteiger partial charge in [-0.25, -0.2) is 0 Å². The molecule has 0 aromatic carbocycles. The van der Waals surface area contributed by atoms with Crippen molar-refractivity contribution < 1.29 is 14.3 Å². The Balaban J connectivity index is 1.59. The summed E-state index contributed by atoms with van der Waals surface area (Å²) in [6.07, 6.45) is 4.26. The first-order valence-corrected chi connectivity index (χ1v) is 7.33. The van der Waals surface area contributed by atoms with Gasteiger partial charge in [-0.15, -0.1) is 0 Å². The summed E-state index contributed by atoms with van der Waals surface area (Å²) in [7, 11) is 0. The number of carbonyl (C=O) groups excluding carboxylic acids is 2. The summed E-state index contributed by atoms with van der Waals surface area (Å²) in [6, 6.07) is 0. The number of rotatable bonds is 3. The molecule has 2 heterocycles. The lowest BCUT2D eigenvalue weighted by Gasteiger charge is -2.31. The summed E-state index contributed by atoms with van der Waals surface area (Å²) in [5.41, 5.74) is 0. The highest BCUT2D eigenvalue weighted by molar-refractivity contribution is 5.89. The second kappa shape index (κ2) is 5.12. The van der Waals surface area contributed by atoms with Crippen LogP contribution in [-0.4, -0.2) is 54.1 Å². The number of hydrogen-bond donors (Lipinski definition) is 0. The highest BCUT2D eigenvalue weighted by Crippen LogP contribution is 2.31. The third-order valence-corrected chi connectivity index (χ3v) is 4.43. The number of ether oxygens (including phenoxy) is 1. The molecule has 0 spiro atoms. The van der Waals surface area contributed by atoms with Crippen molar-refractivity contribution in [1.82, 2.24) is 9.80 Å². The molecule has 3 aliphatic rings. The molecular weight excluding hydrogens is 244 g/mol. The molecule has 1 saturated carbocycles. The molecule has 0 radical (unpaired) electrons. The first-order chi connectivity index (χ1) is 9.15. The summed E-state index contributed by atoms with van der Waals surface area (Å²) in [6.45, 7) is 4.28. The topological polar surface area (TPSA) is 49.9 Å². The van der Waals surface area contributed by atoms with Crippen molar-refractivity contribution in [3.8, 4) is 0 Å². The largest absolute Gasteiger partial charge is 0.378 e. The Morgan fingerprint density at radius 2 is 2.16 bits per heavy atom. The number of carbonyl (C=O) groups is 2. The molecule has 0 aromatic rings. The van der Waals surface area contributed by atoms with Crippen molar-refractivity contribution in [2.45, 2.75) is 38.7 Å². The van der Waals surface area contributed by atoms with Gasteiger partial charge in [-0.1, -0.05) is 0 Å². The molecule has 2 amide bonds. The molecule has 5 nitrogen and oxygen atoms in total. The number of hydrogen-bond acceptors (Lipinski definition) is 3. The number of nitrogens with zero attached hydrogens (tertiary/aromatic N) is 2. The fraction of sp³-hybridized carbons (Fsp3) is 0.857. The zero-order valence-corrected chi connectivity index (χ0v) is 11.5. The van der Waals surface area contributed by atoms with Crippen molar-refractivity contribution in [3.63, 3.8) is 0 Å². The lowest BCUT2D eigenvalue weighted by Crippen LogP contribution is -2.42. The summed E-state index contributed by atoms with van der Waals surface area (Å²) in [4.78, 5) is 27.9. The summed E-state index contributed by atoms with van der Waals surface area (Å²) < 4.78 is 5.55. The molecule has 1 aliphatic carbocycles. The van der Waals surface area contributed by atoms with E-state index in [9.17, 15) is 9.59 Å². The van der Waals surface area contributed by atoms with Crippen LogP contribution in [0.5, 0.6) is 0 Å². The fourth-order valence-corrected chi connectivity index (χ4v) is 3.00. The molecule has 0 aromatic heterocycles. The van der Waals surface area contributed by atoms with E-state index >= 15 is 0 Å². The fourth-order valence-electron chi connectivity index (χ4n) is 3.00. The van der Waals surface area contributed by atoms with Crippen LogP contribution in [0.3, 0.4) is 0 Å². The summed E-state index contributed by atoms with van der Waals surface area (Å²) in [5, 5.41) is 0. The van der Waals surface area contributed by atoms with E-state index in [2.05, 4.69) is 0 Å². The first-order valence-electron chi connectivity index (χ1n) is 7.33. The normalized spacial score (nSPS) is 31.9. The molecule has 19 heavy (non-hydrogen) atoms. The second-order valence-electron chi connectivity index (χ2n) is 6.06. The van der Waals surface area contributed by atoms with Crippen molar-refractivity contribution in [3.05, 3.63) is 0 Å². The Bertz CT molecular complexity index is 381. The maximum Gasteiger partial charge on any atom is 0.243 e. The minimum atomic E-state index is -0.0672. The predicted molar refractivity (Wildman–Crippen MR) is 69.2 cm³/mol. The lowest BCUT2D eigenvalue weighted by molar-refractivity contribution is -0.143. The van der Waals surface area contributed by atoms with Gasteiger partial charge in [-0.2, -0.15) is 0 Å². The Morgan fingerprint density at radius 1 is 1.37 bits per heavy atom. The number of amides is 2. The van der Waals surface area contributed by atoms with Crippen LogP contribution in [0.2, 0.25) is 0 Å². The van der Waals surface area contributed by atoms with Crippen LogP contribution in [0.1, 0.15) is 32.6 Å². The highest BCUT2D eigenvalue weighted by Gasteiger charge is 2.39. The van der Waals surface area contributed by atoms with Gasteiger partial charge in [0.2, 0.25) is 11.8 Å². The van der Waals surface area contributed by atoms with Crippen molar-refractivity contribution in [2.75, 3.05) is 26.4 Å². The van der Waals surface area contributed by atoms with Gasteiger partial charge in [0.25, 0.3) is 0 Å². The Labute approximate surface area is 113 Å². The minimum absolute atomic E-state index is 0.0196. The van der Waals surface area contributed by atoms with E-state index in [1.807, 2.05) is 11.8 Å². The van der Waals surface area contributed by atoms with E-state index in [1.165, 1.54) is 12.8 Å². The molecule has 0 bridgehead atoms. The van der Waals surface area contributed by atoms with Gasteiger partial charge in [0.1, 0.15) is 6.54 Å². The van der Waals surface area contributed by atoms with E-state index in [4.69, 9.17) is 4.74 Å². The molecule has 0 N–H and O–H groups in total. The van der Waals surface area contributed by atoms with Crippen LogP contribution >= 0.6 is 0 Å². The van der Waals surface area contributed by atoms with Crippen LogP contribution in [0.25, 0.3) is 0 Å². The smallest absolute Gasteiger partial charge is 0.243 e. The van der Waals surface area contributed by atoms with Crippen LogP contribution in [0.15, 0.2) is 0 Å². The summed E-state index contributed by atoms with van der Waals surface area (Å²) >= 11 is 0. The molecule has 5 heteroatoms. The molecule has 2 aliphatic heterocycles. The molecule has 2 saturated heterocycles. The third kappa shape index (κ3) is 2.76. The average Bonchev–Trinajstić information content (AvgIpc) is 3.13. The molecule has 106 valence electrons. The van der Waals surface area contributed by atoms with Gasteiger partial charge >= 0.3 is 0 Å². The van der Waals surface area contributed by atoms with E-state index in [1.54, 1.807) is 4.90 Å². The quantitative estimate of drug-likeness (QED) is 0.760. The van der Waals surface area contributed by atoms with Gasteiger partial charge in [0, 0.05) is 13.2 Å². The molecule has 2 atom stereocenters. The average molecular weight is 266 g/mol. The van der Waals surface area contributed by atoms with E-state index in [0.29, 0.717) is 12.6 Å². The van der Waals surface area contributed by atoms with Gasteiger partial charge in [0.05, 0.1) is 18.7 Å². The summed E-state index contributed by atoms with van der Waals surface area (Å²) in [5.74, 6) is 0.807. The van der Waals surface area contributed by atoms with Gasteiger partial charge in [0.15, 0.2) is 0 Å². The van der Waals surface area contributed by atoms with E-state index < -0.39 is 0 Å². The molecular formula is C14H22N2O3. The lowest BCUT2D eigenvalue weighted by atomic mass is 9.94. The maximum absolute atomic E-state index is 12.5. The van der Waals surface area contributed by atoms with Gasteiger partial charge in [-0.05, 0) is 38.5 Å². The van der Waals surface area contributed by atoms with Crippen LogP contribution in [0, 0.1) is 11.8 Å². The molecule has 3 fully saturated rings. The Morgan fingerprint density at radius 3 is 2.84 bits per heavy atom. The third-order valence-electron chi connectivity index (χ3n) is 4.43. The highest BCUT2D eigenvalue weighted by atomic mass is 16.5. The van der Waals surface area contributed by atoms with Gasteiger partial charge < -0.3 is 14.5 Å². The SMILES string of the molecule is C[C@@H]1OCCC[C@@H]1C(=O)N1CC(=O)N(CC2CC2)C1. The van der Waals surface area contributed by atoms with E-state index in [-0.39, 0.29) is 30.4 Å². The Kier molecular flexibility index (Phi) is 3.48. The monoisotopic (exact) mass is 266 g/mol. The van der Waals surface area contributed by atoms with Crippen LogP contribution < -0.4 is 0 Å². The van der Waals surface area contributed by atoms with Crippen LogP contribution in [-0.2, 0) is 14.3 Å². The van der Waals surface area contributed by atoms with Crippen molar-refractivity contribution in [1.29, 1.82) is 0 Å². The van der Waals surface area contributed by atoms with Crippen molar-refractivity contribution >= 4 is 11.8 Å². The standard InChI is InChI=1S/C14H22N2O3/c1-10-12(3-2-6-19-10)14(18)16-8-13(17)15(9-16)7-11-4-5-11/h10-12H,2-9H2,1H3/t10-,12-/m0/s1. The van der Waals surface area contributed by atoms with E-state index in [0.717, 1.165) is 26.0 Å². The predicted octanol–water partition coefficient (Wildman–Crippen LogP) is 0.840. The molecule has 0 unspecified atom stereocenters. The second-order valence-corrected chi connectivity index (χ2v) is 6.06. The Hall–Kier alpha value is -1.10. The maximum atomic E-state index is 12.5. The van der Waals surface area contributed by atoms with Crippen LogP contribution in [0.4, 0.5) is 0 Å². The first kappa shape index (κ1) is 12.9. The van der Waals surface area contributed by atoms with Crippen molar-refractivity contribution in [2.24, 2.45) is 11.8 Å². The van der Waals surface area contributed by atoms with Gasteiger partial charge in [-0.3, -0.25) is 9.59 Å². The zero-order valence-electron chi connectivity index (χ0n) is 11.5. The molecule has 3 rings (SSSR count).